The molecule has 1 rings (SSSR count). The fourth-order valence-electron chi connectivity index (χ4n) is 2.42. The number of hydrogen-bond acceptors (Lipinski definition) is 2. The van der Waals surface area contributed by atoms with Crippen LogP contribution in [0, 0.1) is 10.8 Å². The molecule has 0 aromatic heterocycles. The predicted octanol–water partition coefficient (Wildman–Crippen LogP) is 2.30. The van der Waals surface area contributed by atoms with Crippen LogP contribution in [-0.2, 0) is 9.59 Å². The summed E-state index contributed by atoms with van der Waals surface area (Å²) in [6.07, 6.45) is 5.19. The van der Waals surface area contributed by atoms with Crippen molar-refractivity contribution in [3.05, 3.63) is 12.2 Å². The molecule has 1 aliphatic rings. The summed E-state index contributed by atoms with van der Waals surface area (Å²) in [5.74, 6) is -1.73. The van der Waals surface area contributed by atoms with E-state index in [1.165, 1.54) is 0 Å². The zero-order chi connectivity index (χ0) is 12.4. The molecular formula is C12H18O4. The van der Waals surface area contributed by atoms with Crippen molar-refractivity contribution in [1.82, 2.24) is 0 Å². The predicted molar refractivity (Wildman–Crippen MR) is 59.1 cm³/mol. The third-order valence-corrected chi connectivity index (χ3v) is 3.84. The highest BCUT2D eigenvalue weighted by Gasteiger charge is 2.47. The number of carbonyl (C=O) groups is 2. The van der Waals surface area contributed by atoms with Gasteiger partial charge in [-0.25, -0.2) is 0 Å². The monoisotopic (exact) mass is 226 g/mol. The van der Waals surface area contributed by atoms with Crippen molar-refractivity contribution in [1.29, 1.82) is 0 Å². The number of carboxylic acids is 2. The average Bonchev–Trinajstić information content (AvgIpc) is 2.08. The molecule has 0 unspecified atom stereocenters. The quantitative estimate of drug-likeness (QED) is 0.721. The van der Waals surface area contributed by atoms with Gasteiger partial charge in [0.15, 0.2) is 0 Å². The van der Waals surface area contributed by atoms with Gasteiger partial charge in [0, 0.05) is 0 Å². The van der Waals surface area contributed by atoms with Gasteiger partial charge in [-0.15, -0.1) is 0 Å². The van der Waals surface area contributed by atoms with Crippen LogP contribution in [-0.4, -0.2) is 22.2 Å². The minimum atomic E-state index is -0.866. The standard InChI is InChI=1S/C12H18O4/c1-11(7-9(13)14)5-3-4-6-12(11,2)8-10(15)16/h3-4H,5-8H2,1-2H3,(H,13,14)(H,15,16)/t11-,12-/m0/s1. The van der Waals surface area contributed by atoms with E-state index in [-0.39, 0.29) is 12.8 Å². The summed E-state index contributed by atoms with van der Waals surface area (Å²) in [5.41, 5.74) is -0.960. The zero-order valence-corrected chi connectivity index (χ0v) is 9.69. The largest absolute Gasteiger partial charge is 0.481 e. The third-order valence-electron chi connectivity index (χ3n) is 3.84. The maximum Gasteiger partial charge on any atom is 0.303 e. The topological polar surface area (TPSA) is 74.6 Å². The molecule has 0 radical (unpaired) electrons. The van der Waals surface area contributed by atoms with Crippen LogP contribution in [0.2, 0.25) is 0 Å². The summed E-state index contributed by atoms with van der Waals surface area (Å²) in [6, 6.07) is 0. The van der Waals surface area contributed by atoms with E-state index in [0.717, 1.165) is 0 Å². The van der Waals surface area contributed by atoms with Crippen LogP contribution in [0.15, 0.2) is 12.2 Å². The van der Waals surface area contributed by atoms with Crippen LogP contribution in [0.3, 0.4) is 0 Å². The third kappa shape index (κ3) is 2.43. The summed E-state index contributed by atoms with van der Waals surface area (Å²) in [4.78, 5) is 21.7. The Kier molecular flexibility index (Phi) is 3.41. The minimum Gasteiger partial charge on any atom is -0.481 e. The Morgan fingerprint density at radius 2 is 1.31 bits per heavy atom. The Hall–Kier alpha value is -1.32. The van der Waals surface area contributed by atoms with E-state index >= 15 is 0 Å². The molecule has 0 heterocycles. The van der Waals surface area contributed by atoms with Crippen LogP contribution in [0.25, 0.3) is 0 Å². The van der Waals surface area contributed by atoms with Crippen LogP contribution < -0.4 is 0 Å². The normalized spacial score (nSPS) is 33.6. The van der Waals surface area contributed by atoms with Gasteiger partial charge in [0.1, 0.15) is 0 Å². The van der Waals surface area contributed by atoms with Crippen molar-refractivity contribution in [2.75, 3.05) is 0 Å². The minimum absolute atomic E-state index is 0.0150. The lowest BCUT2D eigenvalue weighted by molar-refractivity contribution is -0.148. The van der Waals surface area contributed by atoms with Crippen LogP contribution >= 0.6 is 0 Å². The van der Waals surface area contributed by atoms with Crippen molar-refractivity contribution in [3.63, 3.8) is 0 Å². The maximum absolute atomic E-state index is 10.9. The smallest absolute Gasteiger partial charge is 0.303 e. The highest BCUT2D eigenvalue weighted by molar-refractivity contribution is 5.70. The van der Waals surface area contributed by atoms with E-state index in [2.05, 4.69) is 0 Å². The summed E-state index contributed by atoms with van der Waals surface area (Å²) < 4.78 is 0. The van der Waals surface area contributed by atoms with E-state index in [1.807, 2.05) is 26.0 Å². The maximum atomic E-state index is 10.9. The first-order valence-electron chi connectivity index (χ1n) is 5.38. The van der Waals surface area contributed by atoms with E-state index in [0.29, 0.717) is 12.8 Å². The molecule has 0 saturated carbocycles. The molecule has 0 aromatic carbocycles. The molecule has 0 aliphatic heterocycles. The number of carboxylic acid groups (broad SMARTS) is 2. The Bertz CT molecular complexity index is 302. The highest BCUT2D eigenvalue weighted by Crippen LogP contribution is 2.52. The van der Waals surface area contributed by atoms with E-state index in [9.17, 15) is 9.59 Å². The first kappa shape index (κ1) is 12.7. The first-order valence-corrected chi connectivity index (χ1v) is 5.38. The molecule has 0 fully saturated rings. The molecule has 90 valence electrons. The SMILES string of the molecule is C[C@@]1(CC(=O)O)CC=CC[C@@]1(C)CC(=O)O. The van der Waals surface area contributed by atoms with Crippen LogP contribution in [0.1, 0.15) is 39.5 Å². The number of hydrogen-bond donors (Lipinski definition) is 2. The van der Waals surface area contributed by atoms with Crippen molar-refractivity contribution in [3.8, 4) is 0 Å². The highest BCUT2D eigenvalue weighted by atomic mass is 16.4. The molecule has 1 aliphatic carbocycles. The van der Waals surface area contributed by atoms with E-state index < -0.39 is 22.8 Å². The van der Waals surface area contributed by atoms with Crippen molar-refractivity contribution >= 4 is 11.9 Å². The second-order valence-corrected chi connectivity index (χ2v) is 5.14. The lowest BCUT2D eigenvalue weighted by Gasteiger charge is -2.46. The van der Waals surface area contributed by atoms with E-state index in [4.69, 9.17) is 10.2 Å². The lowest BCUT2D eigenvalue weighted by Crippen LogP contribution is -2.42. The average molecular weight is 226 g/mol. The van der Waals surface area contributed by atoms with Gasteiger partial charge < -0.3 is 10.2 Å². The van der Waals surface area contributed by atoms with Crippen LogP contribution in [0.4, 0.5) is 0 Å². The number of rotatable bonds is 4. The summed E-state index contributed by atoms with van der Waals surface area (Å²) in [7, 11) is 0. The van der Waals surface area contributed by atoms with Gasteiger partial charge in [-0.3, -0.25) is 9.59 Å². The van der Waals surface area contributed by atoms with Crippen molar-refractivity contribution < 1.29 is 19.8 Å². The summed E-state index contributed by atoms with van der Waals surface area (Å²) >= 11 is 0. The molecule has 2 atom stereocenters. The van der Waals surface area contributed by atoms with Gasteiger partial charge in [-0.2, -0.15) is 0 Å². The van der Waals surface area contributed by atoms with Gasteiger partial charge in [0.25, 0.3) is 0 Å². The van der Waals surface area contributed by atoms with E-state index in [1.54, 1.807) is 0 Å². The second kappa shape index (κ2) is 4.28. The van der Waals surface area contributed by atoms with Gasteiger partial charge in [0.2, 0.25) is 0 Å². The van der Waals surface area contributed by atoms with Gasteiger partial charge in [-0.05, 0) is 23.7 Å². The Balaban J connectivity index is 2.98. The summed E-state index contributed by atoms with van der Waals surface area (Å²) in [5, 5.41) is 17.9. The molecule has 4 heteroatoms. The molecule has 0 spiro atoms. The Morgan fingerprint density at radius 1 is 1.00 bits per heavy atom. The summed E-state index contributed by atoms with van der Waals surface area (Å²) in [6.45, 7) is 3.74. The molecule has 0 amide bonds. The molecule has 4 nitrogen and oxygen atoms in total. The Morgan fingerprint density at radius 3 is 1.56 bits per heavy atom. The van der Waals surface area contributed by atoms with Gasteiger partial charge in [-0.1, -0.05) is 26.0 Å². The van der Waals surface area contributed by atoms with Crippen molar-refractivity contribution in [2.45, 2.75) is 39.5 Å². The van der Waals surface area contributed by atoms with Crippen molar-refractivity contribution in [2.24, 2.45) is 10.8 Å². The lowest BCUT2D eigenvalue weighted by atomic mass is 9.57. The number of aliphatic carboxylic acids is 2. The molecule has 0 bridgehead atoms. The zero-order valence-electron chi connectivity index (χ0n) is 9.69. The molecule has 2 N–H and O–H groups in total. The fourth-order valence-corrected chi connectivity index (χ4v) is 2.42. The molecule has 16 heavy (non-hydrogen) atoms. The first-order chi connectivity index (χ1) is 7.29. The molecular weight excluding hydrogens is 208 g/mol. The molecule has 0 aromatic rings. The van der Waals surface area contributed by atoms with Gasteiger partial charge in [0.05, 0.1) is 12.8 Å². The fraction of sp³-hybridized carbons (Fsp3) is 0.667. The van der Waals surface area contributed by atoms with Crippen LogP contribution in [0.5, 0.6) is 0 Å². The molecule has 0 saturated heterocycles. The second-order valence-electron chi connectivity index (χ2n) is 5.14. The van der Waals surface area contributed by atoms with Gasteiger partial charge >= 0.3 is 11.9 Å². The number of allylic oxidation sites excluding steroid dienone is 2. The Labute approximate surface area is 95.0 Å².